The van der Waals surface area contributed by atoms with E-state index in [4.69, 9.17) is 9.47 Å². The number of benzene rings is 1. The average Bonchev–Trinajstić information content (AvgIpc) is 3.03. The van der Waals surface area contributed by atoms with Gasteiger partial charge in [0.25, 0.3) is 0 Å². The fraction of sp³-hybridized carbons (Fsp3) is 0.400. The zero-order valence-corrected chi connectivity index (χ0v) is 16.2. The number of carbonyl (C=O) groups is 1. The number of thiazole rings is 1. The molecule has 138 valence electrons. The van der Waals surface area contributed by atoms with Crippen molar-refractivity contribution >= 4 is 23.3 Å². The van der Waals surface area contributed by atoms with Crippen LogP contribution in [-0.2, 0) is 16.1 Å². The lowest BCUT2D eigenvalue weighted by atomic mass is 10.2. The SMILES string of the molecule is Cc1nc(COc2cccc(C=CC(=O)N3CC(C)OC(C)C3)c2)cs1. The summed E-state index contributed by atoms with van der Waals surface area (Å²) in [4.78, 5) is 18.6. The van der Waals surface area contributed by atoms with Crippen LogP contribution in [0.2, 0.25) is 0 Å². The second-order valence-electron chi connectivity index (χ2n) is 6.55. The van der Waals surface area contributed by atoms with E-state index >= 15 is 0 Å². The maximum absolute atomic E-state index is 12.4. The topological polar surface area (TPSA) is 51.7 Å². The van der Waals surface area contributed by atoms with E-state index in [1.165, 1.54) is 0 Å². The van der Waals surface area contributed by atoms with Gasteiger partial charge in [-0.15, -0.1) is 11.3 Å². The van der Waals surface area contributed by atoms with Gasteiger partial charge in [-0.25, -0.2) is 4.98 Å². The summed E-state index contributed by atoms with van der Waals surface area (Å²) >= 11 is 1.61. The number of rotatable bonds is 5. The van der Waals surface area contributed by atoms with E-state index < -0.39 is 0 Å². The summed E-state index contributed by atoms with van der Waals surface area (Å²) in [6.07, 6.45) is 3.59. The van der Waals surface area contributed by atoms with Crippen molar-refractivity contribution in [1.29, 1.82) is 0 Å². The summed E-state index contributed by atoms with van der Waals surface area (Å²) < 4.78 is 11.5. The van der Waals surface area contributed by atoms with Gasteiger partial charge in [-0.05, 0) is 44.5 Å². The first-order valence-electron chi connectivity index (χ1n) is 8.76. The molecule has 2 heterocycles. The molecule has 3 rings (SSSR count). The first-order chi connectivity index (χ1) is 12.5. The highest BCUT2D eigenvalue weighted by Crippen LogP contribution is 2.18. The van der Waals surface area contributed by atoms with E-state index in [-0.39, 0.29) is 18.1 Å². The standard InChI is InChI=1S/C20H24N2O3S/c1-14-10-22(11-15(2)25-14)20(23)8-7-17-5-4-6-19(9-17)24-12-18-13-26-16(3)21-18/h4-9,13-15H,10-12H2,1-3H3. The van der Waals surface area contributed by atoms with Gasteiger partial charge < -0.3 is 14.4 Å². The maximum atomic E-state index is 12.4. The van der Waals surface area contributed by atoms with Crippen molar-refractivity contribution in [1.82, 2.24) is 9.88 Å². The van der Waals surface area contributed by atoms with Gasteiger partial charge in [0, 0.05) is 24.5 Å². The fourth-order valence-corrected chi connectivity index (χ4v) is 3.57. The Hall–Kier alpha value is -2.18. The minimum absolute atomic E-state index is 0.0104. The second-order valence-corrected chi connectivity index (χ2v) is 7.62. The van der Waals surface area contributed by atoms with Crippen molar-refractivity contribution in [2.24, 2.45) is 0 Å². The second kappa shape index (κ2) is 8.47. The quantitative estimate of drug-likeness (QED) is 0.752. The predicted molar refractivity (Wildman–Crippen MR) is 103 cm³/mol. The van der Waals surface area contributed by atoms with Crippen molar-refractivity contribution < 1.29 is 14.3 Å². The molecule has 0 N–H and O–H groups in total. The first kappa shape index (κ1) is 18.6. The molecule has 0 radical (unpaired) electrons. The molecule has 6 heteroatoms. The monoisotopic (exact) mass is 372 g/mol. The molecule has 1 saturated heterocycles. The molecule has 0 spiro atoms. The van der Waals surface area contributed by atoms with Crippen LogP contribution in [0.5, 0.6) is 5.75 Å². The smallest absolute Gasteiger partial charge is 0.246 e. The molecule has 0 bridgehead atoms. The van der Waals surface area contributed by atoms with Gasteiger partial charge in [-0.3, -0.25) is 4.79 Å². The third kappa shape index (κ3) is 5.16. The van der Waals surface area contributed by atoms with E-state index in [0.717, 1.165) is 22.0 Å². The number of aromatic nitrogens is 1. The normalized spacial score (nSPS) is 20.5. The molecule has 2 unspecified atom stereocenters. The van der Waals surface area contributed by atoms with Gasteiger partial charge in [-0.1, -0.05) is 12.1 Å². The number of carbonyl (C=O) groups excluding carboxylic acids is 1. The van der Waals surface area contributed by atoms with Gasteiger partial charge in [0.2, 0.25) is 5.91 Å². The average molecular weight is 372 g/mol. The Morgan fingerprint density at radius 2 is 2.15 bits per heavy atom. The van der Waals surface area contributed by atoms with Crippen molar-refractivity contribution in [2.45, 2.75) is 39.6 Å². The van der Waals surface area contributed by atoms with Crippen LogP contribution in [0.3, 0.4) is 0 Å². The molecule has 1 aromatic heterocycles. The Bertz CT molecular complexity index is 777. The molecule has 0 aliphatic carbocycles. The Morgan fingerprint density at radius 1 is 1.38 bits per heavy atom. The molecular weight excluding hydrogens is 348 g/mol. The molecule has 1 aliphatic heterocycles. The van der Waals surface area contributed by atoms with Crippen molar-refractivity contribution in [3.8, 4) is 5.75 Å². The molecule has 2 atom stereocenters. The number of hydrogen-bond acceptors (Lipinski definition) is 5. The van der Waals surface area contributed by atoms with Gasteiger partial charge in [0.05, 0.1) is 22.9 Å². The highest BCUT2D eigenvalue weighted by Gasteiger charge is 2.24. The molecule has 5 nitrogen and oxygen atoms in total. The number of ether oxygens (including phenoxy) is 2. The van der Waals surface area contributed by atoms with Crippen molar-refractivity contribution in [3.05, 3.63) is 52.0 Å². The minimum Gasteiger partial charge on any atom is -0.487 e. The van der Waals surface area contributed by atoms with Gasteiger partial charge >= 0.3 is 0 Å². The van der Waals surface area contributed by atoms with Crippen LogP contribution in [0, 0.1) is 6.92 Å². The molecule has 26 heavy (non-hydrogen) atoms. The predicted octanol–water partition coefficient (Wildman–Crippen LogP) is 3.68. The van der Waals surface area contributed by atoms with Gasteiger partial charge in [0.15, 0.2) is 0 Å². The molecule has 1 aromatic carbocycles. The number of amides is 1. The van der Waals surface area contributed by atoms with Gasteiger partial charge in [-0.2, -0.15) is 0 Å². The fourth-order valence-electron chi connectivity index (χ4n) is 2.97. The Balaban J connectivity index is 1.59. The largest absolute Gasteiger partial charge is 0.487 e. The molecule has 1 fully saturated rings. The first-order valence-corrected chi connectivity index (χ1v) is 9.64. The number of nitrogens with zero attached hydrogens (tertiary/aromatic N) is 2. The summed E-state index contributed by atoms with van der Waals surface area (Å²) in [6.45, 7) is 7.66. The highest BCUT2D eigenvalue weighted by atomic mass is 32.1. The van der Waals surface area contributed by atoms with Crippen LogP contribution in [-0.4, -0.2) is 41.1 Å². The molecule has 1 amide bonds. The molecule has 0 saturated carbocycles. The molecule has 1 aliphatic rings. The van der Waals surface area contributed by atoms with Crippen LogP contribution in [0.4, 0.5) is 0 Å². The van der Waals surface area contributed by atoms with Crippen molar-refractivity contribution in [3.63, 3.8) is 0 Å². The van der Waals surface area contributed by atoms with Crippen LogP contribution < -0.4 is 4.74 Å². The van der Waals surface area contributed by atoms with Crippen molar-refractivity contribution in [2.75, 3.05) is 13.1 Å². The Morgan fingerprint density at radius 3 is 2.85 bits per heavy atom. The third-order valence-electron chi connectivity index (χ3n) is 4.06. The lowest BCUT2D eigenvalue weighted by Crippen LogP contribution is -2.47. The zero-order valence-electron chi connectivity index (χ0n) is 15.3. The van der Waals surface area contributed by atoms with Gasteiger partial charge in [0.1, 0.15) is 12.4 Å². The van der Waals surface area contributed by atoms with E-state index in [1.54, 1.807) is 17.4 Å². The maximum Gasteiger partial charge on any atom is 0.246 e. The van der Waals surface area contributed by atoms with E-state index in [2.05, 4.69) is 4.98 Å². The number of aryl methyl sites for hydroxylation is 1. The van der Waals surface area contributed by atoms with E-state index in [0.29, 0.717) is 19.7 Å². The lowest BCUT2D eigenvalue weighted by Gasteiger charge is -2.34. The van der Waals surface area contributed by atoms with E-state index in [9.17, 15) is 4.79 Å². The van der Waals surface area contributed by atoms with E-state index in [1.807, 2.05) is 61.4 Å². The highest BCUT2D eigenvalue weighted by molar-refractivity contribution is 7.09. The summed E-state index contributed by atoms with van der Waals surface area (Å²) in [5, 5.41) is 3.03. The Labute approximate surface area is 158 Å². The van der Waals surface area contributed by atoms with Crippen LogP contribution in [0.1, 0.15) is 30.1 Å². The number of hydrogen-bond donors (Lipinski definition) is 0. The summed E-state index contributed by atoms with van der Waals surface area (Å²) in [7, 11) is 0. The Kier molecular flexibility index (Phi) is 6.06. The zero-order chi connectivity index (χ0) is 18.5. The minimum atomic E-state index is 0.0104. The molecule has 2 aromatic rings. The van der Waals surface area contributed by atoms with Crippen LogP contribution >= 0.6 is 11.3 Å². The molecular formula is C20H24N2O3S. The summed E-state index contributed by atoms with van der Waals surface area (Å²) in [5.74, 6) is 0.773. The summed E-state index contributed by atoms with van der Waals surface area (Å²) in [6, 6.07) is 7.70. The number of morpholine rings is 1. The lowest BCUT2D eigenvalue weighted by molar-refractivity contribution is -0.137. The van der Waals surface area contributed by atoms with Crippen LogP contribution in [0.15, 0.2) is 35.7 Å². The third-order valence-corrected chi connectivity index (χ3v) is 4.88. The van der Waals surface area contributed by atoms with Crippen LogP contribution in [0.25, 0.3) is 6.08 Å². The summed E-state index contributed by atoms with van der Waals surface area (Å²) in [5.41, 5.74) is 1.86.